The second kappa shape index (κ2) is 6.39. The molecular weight excluding hydrogens is 388 g/mol. The fourth-order valence-corrected chi connectivity index (χ4v) is 8.59. The summed E-state index contributed by atoms with van der Waals surface area (Å²) in [5.41, 5.74) is 1.62. The molecule has 9 atom stereocenters. The zero-order chi connectivity index (χ0) is 20.8. The number of hydrogen-bond acceptors (Lipinski definition) is 5. The number of carbonyl (C=O) groups is 1. The Kier molecular flexibility index (Phi) is 4.45. The van der Waals surface area contributed by atoms with E-state index in [0.717, 1.165) is 19.1 Å². The summed E-state index contributed by atoms with van der Waals surface area (Å²) < 4.78 is 34.4. The van der Waals surface area contributed by atoms with Gasteiger partial charge in [0.15, 0.2) is 5.78 Å². The zero-order valence-corrected chi connectivity index (χ0v) is 18.8. The number of hydrogen-bond donors (Lipinski definition) is 0. The van der Waals surface area contributed by atoms with Crippen LogP contribution in [0, 0.1) is 40.4 Å². The number of fused-ring (bicyclic) bond motifs is 8. The Balaban J connectivity index is 1.41. The van der Waals surface area contributed by atoms with Gasteiger partial charge in [0.2, 0.25) is 0 Å². The highest BCUT2D eigenvalue weighted by Gasteiger charge is 2.69. The Labute approximate surface area is 174 Å². The molecule has 0 spiro atoms. The standard InChI is InChI=1S/C23H34O5S/c1-13(12-27-29(4,25)26)15-5-6-16-19-17(8-10-22(15,16)2)23(3)9-7-14(24)11-18(23)20-21(19)28-20/h11,13,15-17,19-21H,5-10,12H2,1-4H3/t13-,15?,16?,17?,19?,20-,21+,22-,23-/m1/s1. The van der Waals surface area contributed by atoms with Crippen LogP contribution in [0.2, 0.25) is 0 Å². The van der Waals surface area contributed by atoms with Crippen molar-refractivity contribution in [2.24, 2.45) is 40.4 Å². The summed E-state index contributed by atoms with van der Waals surface area (Å²) in [6.45, 7) is 7.27. The van der Waals surface area contributed by atoms with Crippen LogP contribution >= 0.6 is 0 Å². The minimum Gasteiger partial charge on any atom is -0.365 e. The normalized spacial score (nSPS) is 49.4. The van der Waals surface area contributed by atoms with Crippen molar-refractivity contribution in [2.45, 2.75) is 71.5 Å². The molecule has 4 unspecified atom stereocenters. The molecule has 4 aliphatic carbocycles. The quantitative estimate of drug-likeness (QED) is 0.510. The summed E-state index contributed by atoms with van der Waals surface area (Å²) >= 11 is 0. The topological polar surface area (TPSA) is 73.0 Å². The van der Waals surface area contributed by atoms with E-state index in [2.05, 4.69) is 20.8 Å². The van der Waals surface area contributed by atoms with Crippen molar-refractivity contribution in [3.05, 3.63) is 11.6 Å². The third-order valence-corrected chi connectivity index (χ3v) is 10.1. The molecule has 29 heavy (non-hydrogen) atoms. The molecule has 1 aliphatic heterocycles. The Hall–Kier alpha value is -0.720. The smallest absolute Gasteiger partial charge is 0.264 e. The van der Waals surface area contributed by atoms with Crippen molar-refractivity contribution in [2.75, 3.05) is 12.9 Å². The van der Waals surface area contributed by atoms with Gasteiger partial charge >= 0.3 is 0 Å². The fourth-order valence-electron chi connectivity index (χ4n) is 8.13. The van der Waals surface area contributed by atoms with E-state index in [4.69, 9.17) is 8.92 Å². The number of ketones is 1. The Bertz CT molecular complexity index is 862. The zero-order valence-electron chi connectivity index (χ0n) is 18.0. The van der Waals surface area contributed by atoms with Gasteiger partial charge in [-0.05, 0) is 84.2 Å². The fraction of sp³-hybridized carbons (Fsp3) is 0.870. The van der Waals surface area contributed by atoms with Crippen LogP contribution in [0.4, 0.5) is 0 Å². The second-order valence-electron chi connectivity index (χ2n) is 11.0. The van der Waals surface area contributed by atoms with E-state index in [0.29, 0.717) is 30.1 Å². The molecule has 0 bridgehead atoms. The van der Waals surface area contributed by atoms with E-state index in [-0.39, 0.29) is 41.3 Å². The summed E-state index contributed by atoms with van der Waals surface area (Å²) in [6, 6.07) is 0. The van der Waals surface area contributed by atoms with Crippen molar-refractivity contribution < 1.29 is 22.1 Å². The maximum atomic E-state index is 12.1. The first-order chi connectivity index (χ1) is 13.5. The predicted octanol–water partition coefficient (Wildman–Crippen LogP) is 3.73. The Morgan fingerprint density at radius 3 is 2.69 bits per heavy atom. The second-order valence-corrected chi connectivity index (χ2v) is 12.6. The van der Waals surface area contributed by atoms with Gasteiger partial charge in [-0.15, -0.1) is 0 Å². The molecule has 5 nitrogen and oxygen atoms in total. The molecule has 3 saturated carbocycles. The third kappa shape index (κ3) is 3.00. The molecule has 0 N–H and O–H groups in total. The van der Waals surface area contributed by atoms with Crippen molar-refractivity contribution in [1.29, 1.82) is 0 Å². The molecule has 0 aromatic heterocycles. The molecule has 4 fully saturated rings. The van der Waals surface area contributed by atoms with Gasteiger partial charge in [-0.2, -0.15) is 8.42 Å². The van der Waals surface area contributed by atoms with E-state index in [1.165, 1.54) is 24.8 Å². The largest absolute Gasteiger partial charge is 0.365 e. The van der Waals surface area contributed by atoms with Gasteiger partial charge in [0.25, 0.3) is 10.1 Å². The summed E-state index contributed by atoms with van der Waals surface area (Å²) in [5.74, 6) is 2.79. The highest BCUT2D eigenvalue weighted by molar-refractivity contribution is 7.85. The maximum absolute atomic E-state index is 12.1. The van der Waals surface area contributed by atoms with Gasteiger partial charge in [-0.3, -0.25) is 8.98 Å². The third-order valence-electron chi connectivity index (χ3n) is 9.53. The number of ether oxygens (including phenoxy) is 1. The lowest BCUT2D eigenvalue weighted by Crippen LogP contribution is -2.54. The average molecular weight is 423 g/mol. The van der Waals surface area contributed by atoms with E-state index in [9.17, 15) is 13.2 Å². The molecule has 0 amide bonds. The van der Waals surface area contributed by atoms with Crippen LogP contribution in [0.15, 0.2) is 11.6 Å². The molecule has 5 aliphatic rings. The van der Waals surface area contributed by atoms with Crippen molar-refractivity contribution in [3.8, 4) is 0 Å². The monoisotopic (exact) mass is 422 g/mol. The molecule has 1 saturated heterocycles. The van der Waals surface area contributed by atoms with E-state index in [1.807, 2.05) is 6.08 Å². The molecule has 0 aromatic carbocycles. The summed E-state index contributed by atoms with van der Waals surface area (Å²) in [6.07, 6.45) is 9.86. The van der Waals surface area contributed by atoms with Crippen LogP contribution in [0.5, 0.6) is 0 Å². The van der Waals surface area contributed by atoms with Crippen molar-refractivity contribution in [1.82, 2.24) is 0 Å². The molecule has 162 valence electrons. The summed E-state index contributed by atoms with van der Waals surface area (Å²) in [7, 11) is -3.40. The van der Waals surface area contributed by atoms with Crippen LogP contribution in [0.25, 0.3) is 0 Å². The number of epoxide rings is 1. The van der Waals surface area contributed by atoms with Crippen LogP contribution in [0.3, 0.4) is 0 Å². The van der Waals surface area contributed by atoms with Gasteiger partial charge in [0.1, 0.15) is 6.10 Å². The van der Waals surface area contributed by atoms with Gasteiger partial charge in [0.05, 0.1) is 19.0 Å². The molecule has 0 aromatic rings. The first-order valence-electron chi connectivity index (χ1n) is 11.3. The summed E-state index contributed by atoms with van der Waals surface area (Å²) in [4.78, 5) is 12.1. The first kappa shape index (κ1) is 20.2. The SMILES string of the molecule is C[C@H](COS(C)(=O)=O)C1CCC2C3C(CC[C@@]21C)[C@@]1(C)CCC(=O)C=C1[C@H]1O[C@@H]31. The molecule has 0 radical (unpaired) electrons. The first-order valence-corrected chi connectivity index (χ1v) is 13.1. The Morgan fingerprint density at radius 1 is 1.21 bits per heavy atom. The Morgan fingerprint density at radius 2 is 1.97 bits per heavy atom. The minimum atomic E-state index is -3.40. The van der Waals surface area contributed by atoms with Crippen LogP contribution in [-0.4, -0.2) is 39.3 Å². The van der Waals surface area contributed by atoms with Gasteiger partial charge in [0, 0.05) is 6.42 Å². The van der Waals surface area contributed by atoms with Gasteiger partial charge in [-0.1, -0.05) is 20.8 Å². The van der Waals surface area contributed by atoms with Crippen molar-refractivity contribution >= 4 is 15.9 Å². The van der Waals surface area contributed by atoms with Crippen LogP contribution in [-0.2, 0) is 23.8 Å². The molecule has 5 rings (SSSR count). The molecule has 6 heteroatoms. The highest BCUT2D eigenvalue weighted by atomic mass is 32.2. The highest BCUT2D eigenvalue weighted by Crippen LogP contribution is 2.70. The van der Waals surface area contributed by atoms with Gasteiger partial charge in [-0.25, -0.2) is 0 Å². The van der Waals surface area contributed by atoms with Gasteiger partial charge < -0.3 is 4.74 Å². The maximum Gasteiger partial charge on any atom is 0.264 e. The predicted molar refractivity (Wildman–Crippen MR) is 110 cm³/mol. The number of rotatable bonds is 4. The molecular formula is C23H34O5S. The van der Waals surface area contributed by atoms with E-state index < -0.39 is 10.1 Å². The van der Waals surface area contributed by atoms with Crippen molar-refractivity contribution in [3.63, 3.8) is 0 Å². The van der Waals surface area contributed by atoms with Crippen LogP contribution in [0.1, 0.15) is 59.3 Å². The van der Waals surface area contributed by atoms with Crippen LogP contribution < -0.4 is 0 Å². The lowest BCUT2D eigenvalue weighted by atomic mass is 9.46. The van der Waals surface area contributed by atoms with E-state index in [1.54, 1.807) is 0 Å². The lowest BCUT2D eigenvalue weighted by Gasteiger charge is -2.57. The number of carbonyl (C=O) groups excluding carboxylic acids is 1. The summed E-state index contributed by atoms with van der Waals surface area (Å²) in [5, 5.41) is 0. The average Bonchev–Trinajstić information content (AvgIpc) is 3.35. The van der Waals surface area contributed by atoms with E-state index >= 15 is 0 Å². The minimum absolute atomic E-state index is 0.112. The molecule has 1 heterocycles. The lowest BCUT2D eigenvalue weighted by molar-refractivity contribution is -0.117.